The third-order valence-corrected chi connectivity index (χ3v) is 4.46. The lowest BCUT2D eigenvalue weighted by atomic mass is 9.98. The van der Waals surface area contributed by atoms with Crippen LogP contribution in [0.3, 0.4) is 0 Å². The zero-order valence-electron chi connectivity index (χ0n) is 10.4. The zero-order valence-corrected chi connectivity index (χ0v) is 11.1. The third kappa shape index (κ3) is 2.04. The summed E-state index contributed by atoms with van der Waals surface area (Å²) in [4.78, 5) is 14.1. The van der Waals surface area contributed by atoms with Crippen LogP contribution >= 0.6 is 11.6 Å². The molecule has 2 fully saturated rings. The Kier molecular flexibility index (Phi) is 3.08. The van der Waals surface area contributed by atoms with Crippen molar-refractivity contribution in [3.8, 4) is 0 Å². The minimum Gasteiger partial charge on any atom is -0.452 e. The molecule has 2 aliphatic rings. The van der Waals surface area contributed by atoms with Gasteiger partial charge in [0.15, 0.2) is 0 Å². The first-order chi connectivity index (χ1) is 8.65. The molecule has 2 aliphatic heterocycles. The van der Waals surface area contributed by atoms with E-state index in [0.717, 1.165) is 12.8 Å². The summed E-state index contributed by atoms with van der Waals surface area (Å²) >= 11 is 5.86. The van der Waals surface area contributed by atoms with Crippen molar-refractivity contribution in [1.29, 1.82) is 0 Å². The van der Waals surface area contributed by atoms with E-state index in [1.54, 1.807) is 6.07 Å². The molecular weight excluding hydrogens is 252 g/mol. The number of hydrogen-bond donors (Lipinski definition) is 1. The number of fused-ring (bicyclic) bond motifs is 2. The van der Waals surface area contributed by atoms with Gasteiger partial charge in [-0.15, -0.1) is 0 Å². The smallest absolute Gasteiger partial charge is 0.258 e. The summed E-state index contributed by atoms with van der Waals surface area (Å²) in [5, 5.41) is 3.76. The second-order valence-electron chi connectivity index (χ2n) is 5.29. The van der Waals surface area contributed by atoms with Gasteiger partial charge in [0.2, 0.25) is 5.22 Å². The number of nitrogens with one attached hydrogen (secondary N) is 1. The van der Waals surface area contributed by atoms with Crippen LogP contribution in [0.2, 0.25) is 5.22 Å². The zero-order chi connectivity index (χ0) is 12.7. The van der Waals surface area contributed by atoms with Gasteiger partial charge in [0, 0.05) is 25.2 Å². The Morgan fingerprint density at radius 2 is 2.11 bits per heavy atom. The number of halogens is 1. The number of carbonyl (C=O) groups excluding carboxylic acids is 1. The molecule has 2 saturated heterocycles. The van der Waals surface area contributed by atoms with Crippen molar-refractivity contribution in [2.24, 2.45) is 0 Å². The van der Waals surface area contributed by atoms with Crippen LogP contribution in [0, 0.1) is 0 Å². The maximum atomic E-state index is 12.3. The van der Waals surface area contributed by atoms with E-state index in [9.17, 15) is 4.79 Å². The quantitative estimate of drug-likeness (QED) is 0.895. The third-order valence-electron chi connectivity index (χ3n) is 4.16. The van der Waals surface area contributed by atoms with Gasteiger partial charge in [-0.3, -0.25) is 4.79 Å². The van der Waals surface area contributed by atoms with Gasteiger partial charge < -0.3 is 14.6 Å². The molecule has 1 N–H and O–H groups in total. The lowest BCUT2D eigenvalue weighted by Gasteiger charge is -2.35. The monoisotopic (exact) mass is 268 g/mol. The first-order valence-electron chi connectivity index (χ1n) is 6.41. The van der Waals surface area contributed by atoms with Crippen LogP contribution in [0.25, 0.3) is 0 Å². The normalized spacial score (nSPS) is 30.4. The second-order valence-corrected chi connectivity index (χ2v) is 5.63. The molecule has 0 spiro atoms. The fourth-order valence-electron chi connectivity index (χ4n) is 3.15. The average Bonchev–Trinajstić information content (AvgIpc) is 2.93. The summed E-state index contributed by atoms with van der Waals surface area (Å²) in [6, 6.07) is 3.09. The maximum Gasteiger partial charge on any atom is 0.258 e. The molecule has 1 amide bonds. The molecule has 0 radical (unpaired) electrons. The van der Waals surface area contributed by atoms with Crippen LogP contribution in [0.15, 0.2) is 16.7 Å². The van der Waals surface area contributed by atoms with E-state index < -0.39 is 0 Å². The van der Waals surface area contributed by atoms with Crippen LogP contribution in [0.5, 0.6) is 0 Å². The standard InChI is InChI=1S/C13H17ClN2O2/c1-16(13(17)11-4-5-18-12(11)14)10-6-8-2-3-9(7-10)15-8/h4-5,8-10,15H,2-3,6-7H2,1H3. The van der Waals surface area contributed by atoms with Gasteiger partial charge in [0.25, 0.3) is 5.91 Å². The van der Waals surface area contributed by atoms with E-state index in [0.29, 0.717) is 23.7 Å². The largest absolute Gasteiger partial charge is 0.452 e. The fraction of sp³-hybridized carbons (Fsp3) is 0.615. The Morgan fingerprint density at radius 1 is 1.44 bits per heavy atom. The van der Waals surface area contributed by atoms with Crippen molar-refractivity contribution >= 4 is 17.5 Å². The van der Waals surface area contributed by atoms with Gasteiger partial charge >= 0.3 is 0 Å². The second kappa shape index (κ2) is 4.59. The highest BCUT2D eigenvalue weighted by Gasteiger charge is 2.36. The molecule has 1 aromatic rings. The van der Waals surface area contributed by atoms with Gasteiger partial charge in [-0.2, -0.15) is 0 Å². The molecule has 0 aliphatic carbocycles. The predicted molar refractivity (Wildman–Crippen MR) is 68.8 cm³/mol. The maximum absolute atomic E-state index is 12.3. The number of rotatable bonds is 2. The van der Waals surface area contributed by atoms with Gasteiger partial charge in [-0.25, -0.2) is 0 Å². The van der Waals surface area contributed by atoms with Gasteiger partial charge in [0.1, 0.15) is 0 Å². The summed E-state index contributed by atoms with van der Waals surface area (Å²) in [7, 11) is 1.86. The van der Waals surface area contributed by atoms with Crippen molar-refractivity contribution in [2.75, 3.05) is 7.05 Å². The Hall–Kier alpha value is -1.00. The molecule has 2 bridgehead atoms. The summed E-state index contributed by atoms with van der Waals surface area (Å²) in [6.45, 7) is 0. The number of carbonyl (C=O) groups is 1. The topological polar surface area (TPSA) is 45.5 Å². The number of piperidine rings is 1. The molecule has 3 rings (SSSR count). The average molecular weight is 269 g/mol. The van der Waals surface area contributed by atoms with E-state index in [2.05, 4.69) is 5.32 Å². The number of nitrogens with zero attached hydrogens (tertiary/aromatic N) is 1. The van der Waals surface area contributed by atoms with Crippen LogP contribution in [-0.2, 0) is 0 Å². The van der Waals surface area contributed by atoms with Crippen molar-refractivity contribution in [3.05, 3.63) is 23.1 Å². The minimum atomic E-state index is -0.0416. The Bertz CT molecular complexity index is 448. The molecule has 2 atom stereocenters. The number of hydrogen-bond acceptors (Lipinski definition) is 3. The number of amides is 1. The summed E-state index contributed by atoms with van der Waals surface area (Å²) in [5.41, 5.74) is 0.463. The molecule has 3 heterocycles. The summed E-state index contributed by atoms with van der Waals surface area (Å²) < 4.78 is 4.98. The molecule has 5 heteroatoms. The van der Waals surface area contributed by atoms with Gasteiger partial charge in [0.05, 0.1) is 11.8 Å². The predicted octanol–water partition coefficient (Wildman–Crippen LogP) is 2.29. The molecular formula is C13H17ClN2O2. The van der Waals surface area contributed by atoms with Gasteiger partial charge in [-0.05, 0) is 43.4 Å². The molecule has 0 saturated carbocycles. The van der Waals surface area contributed by atoms with Crippen molar-refractivity contribution < 1.29 is 9.21 Å². The molecule has 98 valence electrons. The lowest BCUT2D eigenvalue weighted by molar-refractivity contribution is 0.0681. The first-order valence-corrected chi connectivity index (χ1v) is 6.79. The van der Waals surface area contributed by atoms with Crippen LogP contribution in [0.1, 0.15) is 36.0 Å². The van der Waals surface area contributed by atoms with Crippen LogP contribution in [-0.4, -0.2) is 36.0 Å². The highest BCUT2D eigenvalue weighted by atomic mass is 35.5. The highest BCUT2D eigenvalue weighted by Crippen LogP contribution is 2.30. The Balaban J connectivity index is 1.73. The summed E-state index contributed by atoms with van der Waals surface area (Å²) in [6.07, 6.45) is 5.99. The molecule has 2 unspecified atom stereocenters. The SMILES string of the molecule is CN(C(=O)c1ccoc1Cl)C1CC2CCC(C1)N2. The van der Waals surface area contributed by atoms with Crippen LogP contribution < -0.4 is 5.32 Å². The number of furan rings is 1. The van der Waals surface area contributed by atoms with Crippen molar-refractivity contribution in [1.82, 2.24) is 10.2 Å². The van der Waals surface area contributed by atoms with E-state index in [1.807, 2.05) is 11.9 Å². The minimum absolute atomic E-state index is 0.0416. The van der Waals surface area contributed by atoms with E-state index in [-0.39, 0.29) is 11.1 Å². The lowest BCUT2D eigenvalue weighted by Crippen LogP contribution is -2.48. The molecule has 18 heavy (non-hydrogen) atoms. The summed E-state index contributed by atoms with van der Waals surface area (Å²) in [5.74, 6) is -0.0416. The first kappa shape index (κ1) is 12.1. The molecule has 1 aromatic heterocycles. The van der Waals surface area contributed by atoms with Crippen LogP contribution in [0.4, 0.5) is 0 Å². The van der Waals surface area contributed by atoms with E-state index in [4.69, 9.17) is 16.0 Å². The Labute approximate surface area is 111 Å². The van der Waals surface area contributed by atoms with E-state index >= 15 is 0 Å². The molecule has 4 nitrogen and oxygen atoms in total. The van der Waals surface area contributed by atoms with Gasteiger partial charge in [-0.1, -0.05) is 0 Å². The fourth-order valence-corrected chi connectivity index (χ4v) is 3.34. The Morgan fingerprint density at radius 3 is 2.67 bits per heavy atom. The molecule has 0 aromatic carbocycles. The van der Waals surface area contributed by atoms with E-state index in [1.165, 1.54) is 19.1 Å². The highest BCUT2D eigenvalue weighted by molar-refractivity contribution is 6.32. The van der Waals surface area contributed by atoms with Crippen molar-refractivity contribution in [3.63, 3.8) is 0 Å². The van der Waals surface area contributed by atoms with Crippen molar-refractivity contribution in [2.45, 2.75) is 43.8 Å².